The number of aromatic amines is 1. The van der Waals surface area contributed by atoms with Gasteiger partial charge in [-0.2, -0.15) is 13.2 Å². The Morgan fingerprint density at radius 2 is 1.75 bits per heavy atom. The van der Waals surface area contributed by atoms with Gasteiger partial charge in [0, 0.05) is 0 Å². The van der Waals surface area contributed by atoms with Crippen LogP contribution in [0.25, 0.3) is 11.1 Å². The van der Waals surface area contributed by atoms with Crippen LogP contribution in [0.15, 0.2) is 39.9 Å². The average Bonchev–Trinajstić information content (AvgIpc) is 2.34. The van der Waals surface area contributed by atoms with Crippen LogP contribution in [-0.2, 0) is 6.54 Å². The van der Waals surface area contributed by atoms with Gasteiger partial charge in [0.2, 0.25) is 0 Å². The summed E-state index contributed by atoms with van der Waals surface area (Å²) in [5.41, 5.74) is -2.12. The van der Waals surface area contributed by atoms with Crippen molar-refractivity contribution >= 4 is 11.6 Å². The first-order chi connectivity index (χ1) is 9.29. The van der Waals surface area contributed by atoms with E-state index in [-0.39, 0.29) is 15.3 Å². The number of hydrogen-bond acceptors (Lipinski definition) is 2. The Balaban J connectivity index is 2.69. The Kier molecular flexibility index (Phi) is 3.71. The number of rotatable bonds is 2. The molecule has 20 heavy (non-hydrogen) atoms. The summed E-state index contributed by atoms with van der Waals surface area (Å²) in [5.74, 6) is 0. The molecule has 0 aliphatic heterocycles. The van der Waals surface area contributed by atoms with Gasteiger partial charge < -0.3 is 0 Å². The summed E-state index contributed by atoms with van der Waals surface area (Å²) >= 11 is 5.76. The van der Waals surface area contributed by atoms with Crippen molar-refractivity contribution in [1.29, 1.82) is 0 Å². The summed E-state index contributed by atoms with van der Waals surface area (Å²) in [6, 6.07) is 7.91. The number of nitrogens with one attached hydrogen (secondary N) is 1. The maximum Gasteiger partial charge on any atom is 0.406 e. The number of hydrogen-bond donors (Lipinski definition) is 1. The van der Waals surface area contributed by atoms with Crippen molar-refractivity contribution in [2.24, 2.45) is 0 Å². The van der Waals surface area contributed by atoms with Gasteiger partial charge in [-0.05, 0) is 5.56 Å². The molecule has 0 unspecified atom stereocenters. The second kappa shape index (κ2) is 5.16. The predicted octanol–water partition coefficient (Wildman–Crippen LogP) is 2.42. The molecule has 2 aromatic rings. The predicted molar refractivity (Wildman–Crippen MR) is 67.8 cm³/mol. The van der Waals surface area contributed by atoms with Crippen LogP contribution in [0.2, 0.25) is 5.15 Å². The van der Waals surface area contributed by atoms with Crippen molar-refractivity contribution in [1.82, 2.24) is 9.55 Å². The summed E-state index contributed by atoms with van der Waals surface area (Å²) in [6.45, 7) is -1.67. The van der Waals surface area contributed by atoms with Crippen LogP contribution in [0.1, 0.15) is 0 Å². The van der Waals surface area contributed by atoms with Gasteiger partial charge in [0.05, 0.1) is 5.56 Å². The van der Waals surface area contributed by atoms with Gasteiger partial charge in [-0.15, -0.1) is 0 Å². The molecule has 0 aliphatic carbocycles. The van der Waals surface area contributed by atoms with E-state index in [1.165, 1.54) is 12.1 Å². The summed E-state index contributed by atoms with van der Waals surface area (Å²) in [4.78, 5) is 25.5. The fourth-order valence-electron chi connectivity index (χ4n) is 1.72. The zero-order chi connectivity index (χ0) is 14.9. The van der Waals surface area contributed by atoms with Crippen LogP contribution in [-0.4, -0.2) is 15.7 Å². The van der Waals surface area contributed by atoms with Gasteiger partial charge in [0.1, 0.15) is 11.7 Å². The van der Waals surface area contributed by atoms with Crippen molar-refractivity contribution < 1.29 is 13.2 Å². The summed E-state index contributed by atoms with van der Waals surface area (Å²) in [5, 5.41) is -0.287. The van der Waals surface area contributed by atoms with E-state index >= 15 is 0 Å². The highest BCUT2D eigenvalue weighted by Gasteiger charge is 2.30. The molecule has 106 valence electrons. The van der Waals surface area contributed by atoms with E-state index in [1.807, 2.05) is 4.98 Å². The maximum absolute atomic E-state index is 12.4. The number of halogens is 4. The molecule has 1 aromatic heterocycles. The standard InChI is InChI=1S/C12H8ClF3N2O2/c13-9-8(7-4-2-1-3-5-7)10(19)18(11(20)17-9)6-12(14,15)16/h1-5H,6H2,(H,17,20). The molecule has 0 radical (unpaired) electrons. The second-order valence-corrected chi connectivity index (χ2v) is 4.37. The molecule has 8 heteroatoms. The van der Waals surface area contributed by atoms with E-state index < -0.39 is 24.0 Å². The van der Waals surface area contributed by atoms with Crippen molar-refractivity contribution in [2.75, 3.05) is 0 Å². The van der Waals surface area contributed by atoms with Crippen LogP contribution in [0, 0.1) is 0 Å². The third kappa shape index (κ3) is 2.93. The van der Waals surface area contributed by atoms with E-state index in [1.54, 1.807) is 18.2 Å². The SMILES string of the molecule is O=c1[nH]c(Cl)c(-c2ccccc2)c(=O)n1CC(F)(F)F. The van der Waals surface area contributed by atoms with Gasteiger partial charge in [-0.25, -0.2) is 4.79 Å². The van der Waals surface area contributed by atoms with Crippen LogP contribution < -0.4 is 11.2 Å². The molecule has 4 nitrogen and oxygen atoms in total. The van der Waals surface area contributed by atoms with Gasteiger partial charge >= 0.3 is 11.9 Å². The highest BCUT2D eigenvalue weighted by atomic mass is 35.5. The minimum Gasteiger partial charge on any atom is -0.297 e. The molecule has 0 amide bonds. The summed E-state index contributed by atoms with van der Waals surface area (Å²) < 4.78 is 37.2. The Bertz CT molecular complexity index is 735. The summed E-state index contributed by atoms with van der Waals surface area (Å²) in [7, 11) is 0. The lowest BCUT2D eigenvalue weighted by Crippen LogP contribution is -2.40. The van der Waals surface area contributed by atoms with Gasteiger partial charge in [-0.1, -0.05) is 41.9 Å². The molecule has 1 aromatic carbocycles. The molecule has 2 rings (SSSR count). The van der Waals surface area contributed by atoms with Crippen molar-refractivity contribution in [3.63, 3.8) is 0 Å². The Morgan fingerprint density at radius 3 is 2.30 bits per heavy atom. The third-order valence-corrected chi connectivity index (χ3v) is 2.82. The number of H-pyrrole nitrogens is 1. The molecule has 1 N–H and O–H groups in total. The van der Waals surface area contributed by atoms with E-state index in [4.69, 9.17) is 11.6 Å². The first kappa shape index (κ1) is 14.4. The zero-order valence-electron chi connectivity index (χ0n) is 9.87. The lowest BCUT2D eigenvalue weighted by molar-refractivity contribution is -0.141. The first-order valence-electron chi connectivity index (χ1n) is 5.44. The minimum atomic E-state index is -4.68. The normalized spacial score (nSPS) is 11.6. The molecule has 1 heterocycles. The molecule has 0 aliphatic rings. The quantitative estimate of drug-likeness (QED) is 0.866. The van der Waals surface area contributed by atoms with E-state index in [0.717, 1.165) is 0 Å². The van der Waals surface area contributed by atoms with Gasteiger partial charge in [0.15, 0.2) is 0 Å². The molecule has 0 atom stereocenters. The topological polar surface area (TPSA) is 54.9 Å². The first-order valence-corrected chi connectivity index (χ1v) is 5.82. The highest BCUT2D eigenvalue weighted by molar-refractivity contribution is 6.32. The lowest BCUT2D eigenvalue weighted by atomic mass is 10.1. The third-order valence-electron chi connectivity index (χ3n) is 2.54. The lowest BCUT2D eigenvalue weighted by Gasteiger charge is -2.11. The Morgan fingerprint density at radius 1 is 1.15 bits per heavy atom. The maximum atomic E-state index is 12.4. The van der Waals surface area contributed by atoms with Crippen molar-refractivity contribution in [2.45, 2.75) is 12.7 Å². The molecular formula is C12H8ClF3N2O2. The highest BCUT2D eigenvalue weighted by Crippen LogP contribution is 2.22. The number of benzene rings is 1. The molecule has 0 saturated carbocycles. The van der Waals surface area contributed by atoms with Crippen LogP contribution in [0.3, 0.4) is 0 Å². The van der Waals surface area contributed by atoms with E-state index in [2.05, 4.69) is 0 Å². The van der Waals surface area contributed by atoms with Crippen LogP contribution in [0.4, 0.5) is 13.2 Å². The van der Waals surface area contributed by atoms with Crippen LogP contribution >= 0.6 is 11.6 Å². The Hall–Kier alpha value is -2.02. The fourth-order valence-corrected chi connectivity index (χ4v) is 1.99. The van der Waals surface area contributed by atoms with Crippen LogP contribution in [0.5, 0.6) is 0 Å². The smallest absolute Gasteiger partial charge is 0.297 e. The second-order valence-electron chi connectivity index (χ2n) is 3.99. The van der Waals surface area contributed by atoms with E-state index in [9.17, 15) is 22.8 Å². The molecule has 0 fully saturated rings. The monoisotopic (exact) mass is 304 g/mol. The number of alkyl halides is 3. The largest absolute Gasteiger partial charge is 0.406 e. The molecule has 0 spiro atoms. The van der Waals surface area contributed by atoms with Crippen molar-refractivity contribution in [3.05, 3.63) is 56.3 Å². The van der Waals surface area contributed by atoms with Crippen molar-refractivity contribution in [3.8, 4) is 11.1 Å². The number of aromatic nitrogens is 2. The molecular weight excluding hydrogens is 297 g/mol. The molecule has 0 saturated heterocycles. The molecule has 0 bridgehead atoms. The van der Waals surface area contributed by atoms with Gasteiger partial charge in [-0.3, -0.25) is 14.3 Å². The summed E-state index contributed by atoms with van der Waals surface area (Å²) in [6.07, 6.45) is -4.68. The number of nitrogens with zero attached hydrogens (tertiary/aromatic N) is 1. The fraction of sp³-hybridized carbons (Fsp3) is 0.167. The Labute approximate surface area is 115 Å². The van der Waals surface area contributed by atoms with Gasteiger partial charge in [0.25, 0.3) is 5.56 Å². The van der Waals surface area contributed by atoms with E-state index in [0.29, 0.717) is 5.56 Å². The zero-order valence-corrected chi connectivity index (χ0v) is 10.6. The average molecular weight is 305 g/mol. The minimum absolute atomic E-state index is 0.0776.